The van der Waals surface area contributed by atoms with Crippen molar-refractivity contribution in [3.05, 3.63) is 12.7 Å². The molecule has 0 spiro atoms. The predicted molar refractivity (Wildman–Crippen MR) is 57.8 cm³/mol. The van der Waals surface area contributed by atoms with E-state index >= 15 is 0 Å². The van der Waals surface area contributed by atoms with Crippen LogP contribution in [-0.4, -0.2) is 18.0 Å². The maximum absolute atomic E-state index is 11.3. The molecule has 0 heterocycles. The van der Waals surface area contributed by atoms with Gasteiger partial charge >= 0.3 is 0 Å². The number of carbonyl (C=O) groups is 1. The van der Waals surface area contributed by atoms with Crippen LogP contribution in [0.3, 0.4) is 0 Å². The lowest BCUT2D eigenvalue weighted by molar-refractivity contribution is -0.119. The number of amides is 1. The van der Waals surface area contributed by atoms with Crippen molar-refractivity contribution in [2.45, 2.75) is 38.1 Å². The number of rotatable bonds is 3. The first-order valence-electron chi connectivity index (χ1n) is 5.29. The molecule has 3 nitrogen and oxygen atoms in total. The molecule has 0 aromatic heterocycles. The molecule has 1 fully saturated rings. The topological polar surface area (TPSA) is 55.1 Å². The van der Waals surface area contributed by atoms with Gasteiger partial charge in [0, 0.05) is 6.54 Å². The van der Waals surface area contributed by atoms with Crippen molar-refractivity contribution in [1.29, 1.82) is 0 Å². The molecule has 2 atom stereocenters. The zero-order chi connectivity index (χ0) is 10.6. The van der Waals surface area contributed by atoms with Crippen LogP contribution in [0.15, 0.2) is 12.7 Å². The summed E-state index contributed by atoms with van der Waals surface area (Å²) < 4.78 is 0. The van der Waals surface area contributed by atoms with Gasteiger partial charge in [-0.05, 0) is 24.8 Å². The van der Waals surface area contributed by atoms with Crippen LogP contribution >= 0.6 is 0 Å². The highest BCUT2D eigenvalue weighted by Crippen LogP contribution is 2.32. The lowest BCUT2D eigenvalue weighted by Gasteiger charge is -2.42. The van der Waals surface area contributed by atoms with Crippen LogP contribution in [0.5, 0.6) is 0 Å². The maximum Gasteiger partial charge on any atom is 0.243 e. The highest BCUT2D eigenvalue weighted by atomic mass is 16.1. The van der Waals surface area contributed by atoms with Crippen LogP contribution < -0.4 is 11.1 Å². The fourth-order valence-electron chi connectivity index (χ4n) is 2.25. The molecule has 0 radical (unpaired) electrons. The Morgan fingerprint density at radius 1 is 1.71 bits per heavy atom. The molecule has 1 rings (SSSR count). The van der Waals surface area contributed by atoms with Gasteiger partial charge in [0.25, 0.3) is 0 Å². The second-order valence-corrected chi connectivity index (χ2v) is 4.20. The van der Waals surface area contributed by atoms with E-state index in [1.54, 1.807) is 0 Å². The molecule has 1 aliphatic carbocycles. The molecule has 0 bridgehead atoms. The molecule has 2 unspecified atom stereocenters. The molecule has 0 saturated heterocycles. The molecule has 3 heteroatoms. The van der Waals surface area contributed by atoms with E-state index in [0.29, 0.717) is 12.5 Å². The third kappa shape index (κ3) is 2.15. The van der Waals surface area contributed by atoms with E-state index in [2.05, 4.69) is 18.8 Å². The normalized spacial score (nSPS) is 32.3. The standard InChI is InChI=1S/C11H20N2O/c1-3-10(14)13-11(8-12)7-5-4-6-9(11)2/h3,9H,1,4-8,12H2,2H3,(H,13,14). The lowest BCUT2D eigenvalue weighted by Crippen LogP contribution is -2.58. The number of nitrogens with two attached hydrogens (primary N) is 1. The quantitative estimate of drug-likeness (QED) is 0.666. The fourth-order valence-corrected chi connectivity index (χ4v) is 2.25. The Labute approximate surface area is 85.7 Å². The Kier molecular flexibility index (Phi) is 3.69. The first-order valence-corrected chi connectivity index (χ1v) is 5.29. The third-order valence-electron chi connectivity index (χ3n) is 3.38. The number of nitrogens with one attached hydrogen (secondary N) is 1. The Morgan fingerprint density at radius 3 is 2.93 bits per heavy atom. The van der Waals surface area contributed by atoms with Gasteiger partial charge in [0.1, 0.15) is 0 Å². The van der Waals surface area contributed by atoms with E-state index in [1.807, 2.05) is 0 Å². The van der Waals surface area contributed by atoms with E-state index in [1.165, 1.54) is 12.5 Å². The van der Waals surface area contributed by atoms with Gasteiger partial charge in [0.05, 0.1) is 5.54 Å². The molecule has 0 aromatic carbocycles. The number of hydrogen-bond donors (Lipinski definition) is 2. The fraction of sp³-hybridized carbons (Fsp3) is 0.727. The van der Waals surface area contributed by atoms with E-state index in [-0.39, 0.29) is 11.4 Å². The molecule has 1 aliphatic rings. The van der Waals surface area contributed by atoms with Gasteiger partial charge in [-0.1, -0.05) is 26.3 Å². The Morgan fingerprint density at radius 2 is 2.43 bits per heavy atom. The van der Waals surface area contributed by atoms with Gasteiger partial charge in [-0.25, -0.2) is 0 Å². The van der Waals surface area contributed by atoms with Gasteiger partial charge in [-0.15, -0.1) is 0 Å². The van der Waals surface area contributed by atoms with Gasteiger partial charge in [-0.2, -0.15) is 0 Å². The average molecular weight is 196 g/mol. The van der Waals surface area contributed by atoms with Gasteiger partial charge < -0.3 is 11.1 Å². The number of carbonyl (C=O) groups excluding carboxylic acids is 1. The highest BCUT2D eigenvalue weighted by molar-refractivity contribution is 5.87. The summed E-state index contributed by atoms with van der Waals surface area (Å²) in [5.41, 5.74) is 5.59. The molecule has 14 heavy (non-hydrogen) atoms. The molecule has 80 valence electrons. The third-order valence-corrected chi connectivity index (χ3v) is 3.38. The van der Waals surface area contributed by atoms with Crippen LogP contribution in [0.1, 0.15) is 32.6 Å². The average Bonchev–Trinajstić information content (AvgIpc) is 2.21. The number of hydrogen-bond acceptors (Lipinski definition) is 2. The van der Waals surface area contributed by atoms with Gasteiger partial charge in [-0.3, -0.25) is 4.79 Å². The lowest BCUT2D eigenvalue weighted by atomic mass is 9.73. The van der Waals surface area contributed by atoms with Gasteiger partial charge in [0.15, 0.2) is 0 Å². The van der Waals surface area contributed by atoms with Crippen molar-refractivity contribution < 1.29 is 4.79 Å². The van der Waals surface area contributed by atoms with E-state index in [0.717, 1.165) is 19.3 Å². The molecular weight excluding hydrogens is 176 g/mol. The van der Waals surface area contributed by atoms with Crippen LogP contribution in [-0.2, 0) is 4.79 Å². The summed E-state index contributed by atoms with van der Waals surface area (Å²) in [5.74, 6) is 0.356. The van der Waals surface area contributed by atoms with Crippen LogP contribution in [0.25, 0.3) is 0 Å². The molecule has 0 aromatic rings. The van der Waals surface area contributed by atoms with E-state index in [9.17, 15) is 4.79 Å². The second kappa shape index (κ2) is 4.60. The Bertz CT molecular complexity index is 227. The van der Waals surface area contributed by atoms with Crippen molar-refractivity contribution in [3.63, 3.8) is 0 Å². The minimum absolute atomic E-state index is 0.107. The van der Waals surface area contributed by atoms with Crippen molar-refractivity contribution in [2.24, 2.45) is 11.7 Å². The largest absolute Gasteiger partial charge is 0.346 e. The molecular formula is C11H20N2O. The Hall–Kier alpha value is -0.830. The van der Waals surface area contributed by atoms with Crippen molar-refractivity contribution >= 4 is 5.91 Å². The van der Waals surface area contributed by atoms with Crippen LogP contribution in [0.4, 0.5) is 0 Å². The minimum Gasteiger partial charge on any atom is -0.346 e. The molecule has 1 amide bonds. The summed E-state index contributed by atoms with van der Waals surface area (Å²) >= 11 is 0. The molecule has 3 N–H and O–H groups in total. The first-order chi connectivity index (χ1) is 6.64. The first kappa shape index (κ1) is 11.2. The Balaban J connectivity index is 2.72. The molecule has 0 aliphatic heterocycles. The summed E-state index contributed by atoms with van der Waals surface area (Å²) in [6.45, 7) is 6.15. The van der Waals surface area contributed by atoms with E-state index < -0.39 is 0 Å². The predicted octanol–water partition coefficient (Wildman–Crippen LogP) is 1.20. The van der Waals surface area contributed by atoms with Crippen molar-refractivity contribution in [1.82, 2.24) is 5.32 Å². The monoisotopic (exact) mass is 196 g/mol. The van der Waals surface area contributed by atoms with Crippen LogP contribution in [0.2, 0.25) is 0 Å². The summed E-state index contributed by atoms with van der Waals surface area (Å²) in [7, 11) is 0. The second-order valence-electron chi connectivity index (χ2n) is 4.20. The molecule has 1 saturated carbocycles. The summed E-state index contributed by atoms with van der Waals surface area (Å²) in [5, 5.41) is 3.00. The smallest absolute Gasteiger partial charge is 0.243 e. The minimum atomic E-state index is -0.191. The van der Waals surface area contributed by atoms with Crippen molar-refractivity contribution in [2.75, 3.05) is 6.54 Å². The zero-order valence-electron chi connectivity index (χ0n) is 8.88. The van der Waals surface area contributed by atoms with Crippen LogP contribution in [0, 0.1) is 5.92 Å². The summed E-state index contributed by atoms with van der Waals surface area (Å²) in [6, 6.07) is 0. The maximum atomic E-state index is 11.3. The zero-order valence-corrected chi connectivity index (χ0v) is 8.88. The van der Waals surface area contributed by atoms with Gasteiger partial charge in [0.2, 0.25) is 5.91 Å². The summed E-state index contributed by atoms with van der Waals surface area (Å²) in [4.78, 5) is 11.3. The highest BCUT2D eigenvalue weighted by Gasteiger charge is 2.37. The SMILES string of the molecule is C=CC(=O)NC1(CN)CCCCC1C. The van der Waals surface area contributed by atoms with E-state index in [4.69, 9.17) is 5.73 Å². The van der Waals surface area contributed by atoms with Crippen molar-refractivity contribution in [3.8, 4) is 0 Å². The summed E-state index contributed by atoms with van der Waals surface area (Å²) in [6.07, 6.45) is 5.85.